The van der Waals surface area contributed by atoms with Gasteiger partial charge < -0.3 is 15.0 Å². The lowest BCUT2D eigenvalue weighted by molar-refractivity contribution is -0.121. The van der Waals surface area contributed by atoms with Gasteiger partial charge in [-0.25, -0.2) is 4.79 Å². The van der Waals surface area contributed by atoms with Crippen LogP contribution in [-0.2, 0) is 11.3 Å². The van der Waals surface area contributed by atoms with E-state index in [1.54, 1.807) is 16.9 Å². The first-order valence-electron chi connectivity index (χ1n) is 8.59. The van der Waals surface area contributed by atoms with E-state index in [4.69, 9.17) is 4.74 Å². The Morgan fingerprint density at radius 3 is 2.65 bits per heavy atom. The molecule has 1 saturated heterocycles. The van der Waals surface area contributed by atoms with Crippen molar-refractivity contribution in [2.45, 2.75) is 13.5 Å². The van der Waals surface area contributed by atoms with Gasteiger partial charge in [-0.05, 0) is 36.8 Å². The van der Waals surface area contributed by atoms with Crippen molar-refractivity contribution in [3.8, 4) is 5.75 Å². The smallest absolute Gasteiger partial charge is 0.325 e. The number of amides is 3. The molecule has 6 nitrogen and oxygen atoms in total. The van der Waals surface area contributed by atoms with Crippen LogP contribution in [0.5, 0.6) is 5.75 Å². The number of carbonyl (C=O) groups excluding carboxylic acids is 2. The number of rotatable bonds is 6. The highest BCUT2D eigenvalue weighted by Gasteiger charge is 2.30. The Hall–Kier alpha value is -3.02. The van der Waals surface area contributed by atoms with Crippen LogP contribution >= 0.6 is 0 Å². The third-order valence-electron chi connectivity index (χ3n) is 4.40. The third kappa shape index (κ3) is 4.14. The topological polar surface area (TPSA) is 61.9 Å². The second-order valence-electron chi connectivity index (χ2n) is 6.32. The summed E-state index contributed by atoms with van der Waals surface area (Å²) in [5, 5.41) is 2.85. The van der Waals surface area contributed by atoms with Gasteiger partial charge in [-0.1, -0.05) is 29.8 Å². The normalized spacial score (nSPS) is 13.8. The monoisotopic (exact) mass is 353 g/mol. The molecule has 0 radical (unpaired) electrons. The first-order valence-corrected chi connectivity index (χ1v) is 8.59. The number of anilines is 1. The summed E-state index contributed by atoms with van der Waals surface area (Å²) < 4.78 is 5.17. The molecule has 0 spiro atoms. The highest BCUT2D eigenvalue weighted by molar-refractivity contribution is 5.96. The summed E-state index contributed by atoms with van der Waals surface area (Å²) in [7, 11) is 1.61. The van der Waals surface area contributed by atoms with Crippen molar-refractivity contribution in [3.05, 3.63) is 59.7 Å². The molecule has 3 rings (SSSR count). The number of hydrogen-bond donors (Lipinski definition) is 1. The molecular weight excluding hydrogens is 330 g/mol. The lowest BCUT2D eigenvalue weighted by Crippen LogP contribution is -2.39. The van der Waals surface area contributed by atoms with E-state index in [9.17, 15) is 9.59 Å². The second-order valence-corrected chi connectivity index (χ2v) is 6.32. The highest BCUT2D eigenvalue weighted by atomic mass is 16.5. The molecule has 2 aromatic carbocycles. The van der Waals surface area contributed by atoms with Gasteiger partial charge in [0.25, 0.3) is 0 Å². The standard InChI is InChI=1S/C20H23N3O3/c1-15-6-8-17(9-7-15)23-11-10-22(20(23)25)14-19(24)21-13-16-4-3-5-18(12-16)26-2/h3-9,12H,10-11,13-14H2,1-2H3,(H,21,24). The van der Waals surface area contributed by atoms with Crippen molar-refractivity contribution < 1.29 is 14.3 Å². The van der Waals surface area contributed by atoms with Crippen molar-refractivity contribution in [2.75, 3.05) is 31.6 Å². The van der Waals surface area contributed by atoms with Crippen LogP contribution in [0.15, 0.2) is 48.5 Å². The van der Waals surface area contributed by atoms with Crippen molar-refractivity contribution in [1.82, 2.24) is 10.2 Å². The summed E-state index contributed by atoms with van der Waals surface area (Å²) in [6, 6.07) is 15.2. The molecule has 26 heavy (non-hydrogen) atoms. The van der Waals surface area contributed by atoms with Crippen LogP contribution in [0.1, 0.15) is 11.1 Å². The van der Waals surface area contributed by atoms with Gasteiger partial charge in [0.2, 0.25) is 5.91 Å². The number of ether oxygens (including phenoxy) is 1. The lowest BCUT2D eigenvalue weighted by atomic mass is 10.2. The first-order chi connectivity index (χ1) is 12.6. The zero-order chi connectivity index (χ0) is 18.5. The van der Waals surface area contributed by atoms with Gasteiger partial charge in [0.15, 0.2) is 0 Å². The molecule has 1 aliphatic rings. The maximum absolute atomic E-state index is 12.5. The van der Waals surface area contributed by atoms with E-state index in [1.807, 2.05) is 55.5 Å². The molecule has 3 amide bonds. The van der Waals surface area contributed by atoms with E-state index in [-0.39, 0.29) is 18.5 Å². The van der Waals surface area contributed by atoms with E-state index >= 15 is 0 Å². The minimum absolute atomic E-state index is 0.0607. The maximum Gasteiger partial charge on any atom is 0.325 e. The van der Waals surface area contributed by atoms with Gasteiger partial charge in [-0.3, -0.25) is 9.69 Å². The van der Waals surface area contributed by atoms with Crippen LogP contribution in [-0.4, -0.2) is 43.6 Å². The number of benzene rings is 2. The van der Waals surface area contributed by atoms with Gasteiger partial charge >= 0.3 is 6.03 Å². The fraction of sp³-hybridized carbons (Fsp3) is 0.300. The summed E-state index contributed by atoms with van der Waals surface area (Å²) in [4.78, 5) is 28.0. The van der Waals surface area contributed by atoms with Gasteiger partial charge in [0.05, 0.1) is 7.11 Å². The number of aryl methyl sites for hydroxylation is 1. The number of hydrogen-bond acceptors (Lipinski definition) is 3. The molecule has 0 unspecified atom stereocenters. The molecule has 0 bridgehead atoms. The number of carbonyl (C=O) groups is 2. The molecule has 6 heteroatoms. The number of urea groups is 1. The SMILES string of the molecule is COc1cccc(CNC(=O)CN2CCN(c3ccc(C)cc3)C2=O)c1. The van der Waals surface area contributed by atoms with Crippen LogP contribution in [0, 0.1) is 6.92 Å². The van der Waals surface area contributed by atoms with Crippen LogP contribution in [0.2, 0.25) is 0 Å². The molecule has 0 aromatic heterocycles. The molecular formula is C20H23N3O3. The van der Waals surface area contributed by atoms with Gasteiger partial charge in [-0.2, -0.15) is 0 Å². The predicted molar refractivity (Wildman–Crippen MR) is 100 cm³/mol. The zero-order valence-electron chi connectivity index (χ0n) is 15.1. The molecule has 0 atom stereocenters. The summed E-state index contributed by atoms with van der Waals surface area (Å²) in [5.41, 5.74) is 2.96. The molecule has 1 aliphatic heterocycles. The third-order valence-corrected chi connectivity index (χ3v) is 4.40. The van der Waals surface area contributed by atoms with Crippen LogP contribution in [0.3, 0.4) is 0 Å². The Bertz CT molecular complexity index is 789. The predicted octanol–water partition coefficient (Wildman–Crippen LogP) is 2.56. The van der Waals surface area contributed by atoms with E-state index in [0.29, 0.717) is 19.6 Å². The molecule has 1 N–H and O–H groups in total. The first kappa shape index (κ1) is 17.8. The molecule has 1 fully saturated rings. The molecule has 1 heterocycles. The van der Waals surface area contributed by atoms with E-state index < -0.39 is 0 Å². The largest absolute Gasteiger partial charge is 0.497 e. The summed E-state index contributed by atoms with van der Waals surface area (Å²) in [6.45, 7) is 3.60. The van der Waals surface area contributed by atoms with Gasteiger partial charge in [0, 0.05) is 25.3 Å². The number of nitrogens with zero attached hydrogens (tertiary/aromatic N) is 2. The second kappa shape index (κ2) is 7.91. The van der Waals surface area contributed by atoms with Crippen LogP contribution < -0.4 is 15.0 Å². The molecule has 2 aromatic rings. The fourth-order valence-corrected chi connectivity index (χ4v) is 2.91. The van der Waals surface area contributed by atoms with Crippen molar-refractivity contribution in [2.24, 2.45) is 0 Å². The van der Waals surface area contributed by atoms with Crippen molar-refractivity contribution in [1.29, 1.82) is 0 Å². The molecule has 136 valence electrons. The van der Waals surface area contributed by atoms with Crippen LogP contribution in [0.25, 0.3) is 0 Å². The summed E-state index contributed by atoms with van der Waals surface area (Å²) in [5.74, 6) is 0.576. The van der Waals surface area contributed by atoms with Gasteiger partial charge in [-0.15, -0.1) is 0 Å². The summed E-state index contributed by atoms with van der Waals surface area (Å²) in [6.07, 6.45) is 0. The van der Waals surface area contributed by atoms with E-state index in [2.05, 4.69) is 5.32 Å². The minimum atomic E-state index is -0.174. The maximum atomic E-state index is 12.5. The average molecular weight is 353 g/mol. The quantitative estimate of drug-likeness (QED) is 0.868. The van der Waals surface area contributed by atoms with Crippen molar-refractivity contribution >= 4 is 17.6 Å². The Morgan fingerprint density at radius 1 is 1.15 bits per heavy atom. The average Bonchev–Trinajstić information content (AvgIpc) is 3.01. The van der Waals surface area contributed by atoms with Gasteiger partial charge in [0.1, 0.15) is 12.3 Å². The Kier molecular flexibility index (Phi) is 5.41. The number of methoxy groups -OCH3 is 1. The Balaban J connectivity index is 1.53. The summed E-state index contributed by atoms with van der Waals surface area (Å²) >= 11 is 0. The van der Waals surface area contributed by atoms with E-state index in [1.165, 1.54) is 0 Å². The number of nitrogens with one attached hydrogen (secondary N) is 1. The zero-order valence-corrected chi connectivity index (χ0v) is 15.1. The molecule has 0 aliphatic carbocycles. The van der Waals surface area contributed by atoms with Crippen LogP contribution in [0.4, 0.5) is 10.5 Å². The Labute approximate surface area is 153 Å². The van der Waals surface area contributed by atoms with Crippen molar-refractivity contribution in [3.63, 3.8) is 0 Å². The Morgan fingerprint density at radius 2 is 1.92 bits per heavy atom. The highest BCUT2D eigenvalue weighted by Crippen LogP contribution is 2.20. The molecule has 0 saturated carbocycles. The minimum Gasteiger partial charge on any atom is -0.497 e. The fourth-order valence-electron chi connectivity index (χ4n) is 2.91. The lowest BCUT2D eigenvalue weighted by Gasteiger charge is -2.18. The van der Waals surface area contributed by atoms with E-state index in [0.717, 1.165) is 22.6 Å².